The van der Waals surface area contributed by atoms with Crippen molar-refractivity contribution in [2.45, 2.75) is 6.42 Å². The molecule has 0 aliphatic carbocycles. The molecule has 1 aromatic heterocycles. The Morgan fingerprint density at radius 1 is 1.09 bits per heavy atom. The highest BCUT2D eigenvalue weighted by Crippen LogP contribution is 2.28. The lowest BCUT2D eigenvalue weighted by Crippen LogP contribution is -2.36. The molecule has 2 aromatic carbocycles. The molecule has 0 spiro atoms. The molecule has 32 heavy (non-hydrogen) atoms. The smallest absolute Gasteiger partial charge is 0.254 e. The van der Waals surface area contributed by atoms with Crippen molar-refractivity contribution in [1.29, 1.82) is 0 Å². The number of nitrogens with zero attached hydrogens (tertiary/aromatic N) is 3. The number of amides is 2. The molecule has 3 rings (SSSR count). The molecule has 0 aliphatic heterocycles. The maximum atomic E-state index is 12.9. The third-order valence-electron chi connectivity index (χ3n) is 4.52. The van der Waals surface area contributed by atoms with Crippen molar-refractivity contribution in [3.8, 4) is 16.3 Å². The summed E-state index contributed by atoms with van der Waals surface area (Å²) in [5.41, 5.74) is 1.40. The molecular weight excluding hydrogens is 496 g/mol. The van der Waals surface area contributed by atoms with Crippen molar-refractivity contribution in [3.05, 3.63) is 58.6 Å². The average molecular weight is 519 g/mol. The topological polar surface area (TPSA) is 93.6 Å². The van der Waals surface area contributed by atoms with Crippen LogP contribution in [0.1, 0.15) is 16.8 Å². The molecule has 168 valence electrons. The highest BCUT2D eigenvalue weighted by Gasteiger charge is 2.18. The van der Waals surface area contributed by atoms with Gasteiger partial charge in [-0.15, -0.1) is 10.2 Å². The number of halogens is 1. The highest BCUT2D eigenvalue weighted by molar-refractivity contribution is 9.10. The minimum Gasteiger partial charge on any atom is -0.497 e. The van der Waals surface area contributed by atoms with Gasteiger partial charge in [-0.1, -0.05) is 45.5 Å². The zero-order chi connectivity index (χ0) is 22.9. The second kappa shape index (κ2) is 11.7. The van der Waals surface area contributed by atoms with Crippen LogP contribution in [0.2, 0.25) is 0 Å². The van der Waals surface area contributed by atoms with Crippen molar-refractivity contribution in [2.24, 2.45) is 0 Å². The molecule has 10 heteroatoms. The van der Waals surface area contributed by atoms with Gasteiger partial charge in [0.15, 0.2) is 0 Å². The van der Waals surface area contributed by atoms with Crippen molar-refractivity contribution in [1.82, 2.24) is 15.1 Å². The Morgan fingerprint density at radius 3 is 2.66 bits per heavy atom. The number of carbonyl (C=O) groups excluding carboxylic acids is 2. The van der Waals surface area contributed by atoms with Gasteiger partial charge in [0.1, 0.15) is 10.8 Å². The Kier molecular flexibility index (Phi) is 8.72. The number of ether oxygens (including phenoxy) is 2. The van der Waals surface area contributed by atoms with Gasteiger partial charge in [-0.2, -0.15) is 0 Å². The van der Waals surface area contributed by atoms with Crippen LogP contribution in [0.25, 0.3) is 10.6 Å². The van der Waals surface area contributed by atoms with E-state index in [1.807, 2.05) is 24.3 Å². The van der Waals surface area contributed by atoms with E-state index in [9.17, 15) is 9.59 Å². The number of rotatable bonds is 10. The summed E-state index contributed by atoms with van der Waals surface area (Å²) in [7, 11) is 3.12. The first-order chi connectivity index (χ1) is 15.5. The summed E-state index contributed by atoms with van der Waals surface area (Å²) in [4.78, 5) is 27.0. The van der Waals surface area contributed by atoms with E-state index in [0.29, 0.717) is 34.6 Å². The Bertz CT molecular complexity index is 1080. The summed E-state index contributed by atoms with van der Waals surface area (Å²) >= 11 is 4.72. The van der Waals surface area contributed by atoms with Gasteiger partial charge in [-0.05, 0) is 30.3 Å². The third kappa shape index (κ3) is 6.59. The maximum absolute atomic E-state index is 12.9. The van der Waals surface area contributed by atoms with E-state index in [-0.39, 0.29) is 24.8 Å². The van der Waals surface area contributed by atoms with Gasteiger partial charge in [-0.3, -0.25) is 9.59 Å². The number of hydrogen-bond acceptors (Lipinski definition) is 7. The molecule has 8 nitrogen and oxygen atoms in total. The standard InChI is InChI=1S/C22H23BrN4O4S/c1-30-12-11-27(21(29)16-6-4-8-18(14-16)31-2)10-9-19(28)24-22-26-25-20(32-22)15-5-3-7-17(23)13-15/h3-8,13-14H,9-12H2,1-2H3,(H,24,26,28). The van der Waals surface area contributed by atoms with Crippen molar-refractivity contribution in [3.63, 3.8) is 0 Å². The van der Waals surface area contributed by atoms with E-state index in [2.05, 4.69) is 31.4 Å². The molecular formula is C22H23BrN4O4S. The lowest BCUT2D eigenvalue weighted by molar-refractivity contribution is -0.116. The predicted octanol–water partition coefficient (Wildman–Crippen LogP) is 4.09. The summed E-state index contributed by atoms with van der Waals surface area (Å²) in [6.45, 7) is 0.970. The van der Waals surface area contributed by atoms with Crippen LogP contribution in [0.4, 0.5) is 5.13 Å². The fourth-order valence-electron chi connectivity index (χ4n) is 2.89. The minimum atomic E-state index is -0.247. The highest BCUT2D eigenvalue weighted by atomic mass is 79.9. The van der Waals surface area contributed by atoms with Gasteiger partial charge < -0.3 is 19.7 Å². The number of aromatic nitrogens is 2. The van der Waals surface area contributed by atoms with Crippen LogP contribution in [-0.2, 0) is 9.53 Å². The Hall–Kier alpha value is -2.82. The molecule has 0 saturated carbocycles. The van der Waals surface area contributed by atoms with Crippen molar-refractivity contribution < 1.29 is 19.1 Å². The summed E-state index contributed by atoms with van der Waals surface area (Å²) in [6, 6.07) is 14.6. The molecule has 1 heterocycles. The monoisotopic (exact) mass is 518 g/mol. The first-order valence-corrected chi connectivity index (χ1v) is 11.4. The molecule has 0 saturated heterocycles. The summed E-state index contributed by atoms with van der Waals surface area (Å²) in [5.74, 6) is 0.155. The summed E-state index contributed by atoms with van der Waals surface area (Å²) in [5, 5.41) is 12.1. The van der Waals surface area contributed by atoms with Crippen molar-refractivity contribution in [2.75, 3.05) is 39.2 Å². The number of benzene rings is 2. The Morgan fingerprint density at radius 2 is 1.91 bits per heavy atom. The van der Waals surface area contributed by atoms with Crippen LogP contribution < -0.4 is 10.1 Å². The van der Waals surface area contributed by atoms with Gasteiger partial charge >= 0.3 is 0 Å². The Balaban J connectivity index is 1.61. The van der Waals surface area contributed by atoms with Crippen LogP contribution in [0.15, 0.2) is 53.0 Å². The Labute approximate surface area is 198 Å². The van der Waals surface area contributed by atoms with Crippen molar-refractivity contribution >= 4 is 44.2 Å². The second-order valence-corrected chi connectivity index (χ2v) is 8.63. The third-order valence-corrected chi connectivity index (χ3v) is 5.90. The first kappa shape index (κ1) is 23.8. The molecule has 0 unspecified atom stereocenters. The van der Waals surface area contributed by atoms with Crippen LogP contribution in [0.5, 0.6) is 5.75 Å². The SMILES string of the molecule is COCCN(CCC(=O)Nc1nnc(-c2cccc(Br)c2)s1)C(=O)c1cccc(OC)c1. The van der Waals surface area contributed by atoms with E-state index in [0.717, 1.165) is 10.0 Å². The van der Waals surface area contributed by atoms with Crippen LogP contribution in [0.3, 0.4) is 0 Å². The lowest BCUT2D eigenvalue weighted by Gasteiger charge is -2.22. The zero-order valence-electron chi connectivity index (χ0n) is 17.7. The van der Waals surface area contributed by atoms with Gasteiger partial charge in [-0.25, -0.2) is 0 Å². The first-order valence-electron chi connectivity index (χ1n) is 9.81. The van der Waals surface area contributed by atoms with E-state index >= 15 is 0 Å². The molecule has 0 fully saturated rings. The molecule has 3 aromatic rings. The van der Waals surface area contributed by atoms with Gasteiger partial charge in [0, 0.05) is 42.2 Å². The minimum absolute atomic E-state index is 0.116. The number of methoxy groups -OCH3 is 2. The fraction of sp³-hybridized carbons (Fsp3) is 0.273. The maximum Gasteiger partial charge on any atom is 0.254 e. The van der Waals surface area contributed by atoms with E-state index < -0.39 is 0 Å². The average Bonchev–Trinajstić information content (AvgIpc) is 3.27. The van der Waals surface area contributed by atoms with E-state index in [1.54, 1.807) is 43.4 Å². The van der Waals surface area contributed by atoms with Crippen LogP contribution in [0, 0.1) is 0 Å². The normalized spacial score (nSPS) is 10.6. The number of carbonyl (C=O) groups is 2. The number of nitrogens with one attached hydrogen (secondary N) is 1. The molecule has 2 amide bonds. The van der Waals surface area contributed by atoms with Gasteiger partial charge in [0.2, 0.25) is 11.0 Å². The van der Waals surface area contributed by atoms with E-state index in [1.165, 1.54) is 11.3 Å². The fourth-order valence-corrected chi connectivity index (χ4v) is 4.04. The van der Waals surface area contributed by atoms with E-state index in [4.69, 9.17) is 9.47 Å². The second-order valence-electron chi connectivity index (χ2n) is 6.74. The van der Waals surface area contributed by atoms with Gasteiger partial charge in [0.05, 0.1) is 13.7 Å². The molecule has 1 N–H and O–H groups in total. The predicted molar refractivity (Wildman–Crippen MR) is 127 cm³/mol. The molecule has 0 radical (unpaired) electrons. The zero-order valence-corrected chi connectivity index (χ0v) is 20.1. The summed E-state index contributed by atoms with van der Waals surface area (Å²) in [6.07, 6.45) is 0.116. The van der Waals surface area contributed by atoms with Crippen LogP contribution >= 0.6 is 27.3 Å². The quantitative estimate of drug-likeness (QED) is 0.434. The molecule has 0 aliphatic rings. The molecule has 0 atom stereocenters. The molecule has 0 bridgehead atoms. The van der Waals surface area contributed by atoms with Gasteiger partial charge in [0.25, 0.3) is 5.91 Å². The summed E-state index contributed by atoms with van der Waals surface area (Å²) < 4.78 is 11.3. The lowest BCUT2D eigenvalue weighted by atomic mass is 10.2. The van der Waals surface area contributed by atoms with Crippen LogP contribution in [-0.4, -0.2) is 60.8 Å². The largest absolute Gasteiger partial charge is 0.497 e. The number of anilines is 1. The number of hydrogen-bond donors (Lipinski definition) is 1.